The van der Waals surface area contributed by atoms with Gasteiger partial charge in [0, 0.05) is 20.1 Å². The molecule has 0 aliphatic heterocycles. The van der Waals surface area contributed by atoms with Gasteiger partial charge in [0.05, 0.1) is 29.4 Å². The van der Waals surface area contributed by atoms with Crippen LogP contribution < -0.4 is 10.3 Å². The molecule has 0 atom stereocenters. The van der Waals surface area contributed by atoms with E-state index in [2.05, 4.69) is 15.1 Å². The van der Waals surface area contributed by atoms with E-state index in [1.54, 1.807) is 20.0 Å². The van der Waals surface area contributed by atoms with E-state index in [1.165, 1.54) is 21.1 Å². The molecule has 2 N–H and O–H groups in total. The van der Waals surface area contributed by atoms with Gasteiger partial charge in [-0.3, -0.25) is 9.48 Å². The molecule has 33 heavy (non-hydrogen) atoms. The molecule has 2 heterocycles. The van der Waals surface area contributed by atoms with Crippen LogP contribution in [0.25, 0.3) is 22.4 Å². The van der Waals surface area contributed by atoms with Gasteiger partial charge in [-0.2, -0.15) is 9.40 Å². The summed E-state index contributed by atoms with van der Waals surface area (Å²) < 4.78 is 34.9. The summed E-state index contributed by atoms with van der Waals surface area (Å²) in [6.07, 6.45) is 2.26. The van der Waals surface area contributed by atoms with Crippen molar-refractivity contribution in [3.8, 4) is 17.1 Å². The molecular weight excluding hydrogens is 446 g/mol. The van der Waals surface area contributed by atoms with Gasteiger partial charge in [0.15, 0.2) is 5.52 Å². The summed E-state index contributed by atoms with van der Waals surface area (Å²) in [5.74, 6) is 0.635. The Bertz CT molecular complexity index is 1280. The van der Waals surface area contributed by atoms with Crippen LogP contribution in [0.3, 0.4) is 0 Å². The molecule has 0 spiro atoms. The maximum atomic E-state index is 13.2. The van der Waals surface area contributed by atoms with Crippen LogP contribution in [0.2, 0.25) is 0 Å². The normalized spacial score (nSPS) is 12.1. The summed E-state index contributed by atoms with van der Waals surface area (Å²) in [6.45, 7) is 6.02. The molecule has 0 aliphatic rings. The third kappa shape index (κ3) is 4.94. The van der Waals surface area contributed by atoms with Crippen LogP contribution in [-0.4, -0.2) is 63.9 Å². The van der Waals surface area contributed by atoms with Gasteiger partial charge in [-0.25, -0.2) is 13.4 Å². The van der Waals surface area contributed by atoms with Crippen molar-refractivity contribution in [3.05, 3.63) is 34.2 Å². The number of aliphatic hydroxyl groups is 1. The van der Waals surface area contributed by atoms with E-state index in [0.717, 1.165) is 12.8 Å². The summed E-state index contributed by atoms with van der Waals surface area (Å²) in [5, 5.41) is 13.7. The quantitative estimate of drug-likeness (QED) is 0.432. The molecule has 11 heteroatoms. The van der Waals surface area contributed by atoms with Crippen LogP contribution in [0.4, 0.5) is 0 Å². The van der Waals surface area contributed by atoms with Crippen LogP contribution in [0.5, 0.6) is 5.75 Å². The van der Waals surface area contributed by atoms with Crippen LogP contribution in [0, 0.1) is 0 Å². The van der Waals surface area contributed by atoms with Gasteiger partial charge in [0.1, 0.15) is 17.1 Å². The topological polar surface area (TPSA) is 130 Å². The zero-order valence-electron chi connectivity index (χ0n) is 19.5. The van der Waals surface area contributed by atoms with Gasteiger partial charge in [0.2, 0.25) is 10.0 Å². The first-order valence-corrected chi connectivity index (χ1v) is 12.6. The minimum absolute atomic E-state index is 0.0145. The van der Waals surface area contributed by atoms with Crippen molar-refractivity contribution in [2.45, 2.75) is 44.9 Å². The monoisotopic (exact) mass is 477 g/mol. The molecule has 1 aromatic carbocycles. The number of benzene rings is 1. The fourth-order valence-electron chi connectivity index (χ4n) is 3.68. The number of ether oxygens (including phenoxy) is 1. The molecule has 3 rings (SSSR count). The van der Waals surface area contributed by atoms with Gasteiger partial charge in [-0.05, 0) is 31.0 Å². The third-order valence-corrected chi connectivity index (χ3v) is 7.23. The number of sulfonamides is 1. The number of aliphatic hydroxyl groups excluding tert-OH is 1. The minimum atomic E-state index is -3.86. The Kier molecular flexibility index (Phi) is 7.88. The zero-order valence-corrected chi connectivity index (χ0v) is 20.3. The molecule has 10 nitrogen and oxygen atoms in total. The fraction of sp³-hybridized carbons (Fsp3) is 0.500. The first kappa shape index (κ1) is 24.9. The number of aromatic nitrogens is 4. The van der Waals surface area contributed by atoms with E-state index in [-0.39, 0.29) is 36.0 Å². The predicted molar refractivity (Wildman–Crippen MR) is 126 cm³/mol. The lowest BCUT2D eigenvalue weighted by molar-refractivity contribution is 0.257. The number of aromatic amines is 1. The number of rotatable bonds is 11. The third-order valence-electron chi connectivity index (χ3n) is 5.26. The average Bonchev–Trinajstić information content (AvgIpc) is 3.11. The lowest BCUT2D eigenvalue weighted by Crippen LogP contribution is -2.33. The van der Waals surface area contributed by atoms with Crippen molar-refractivity contribution in [2.75, 3.05) is 26.3 Å². The van der Waals surface area contributed by atoms with Crippen molar-refractivity contribution in [3.63, 3.8) is 0 Å². The number of aryl methyl sites for hydroxylation is 2. The Balaban J connectivity index is 2.23. The number of nitrogens with zero attached hydrogens (tertiary/aromatic N) is 4. The van der Waals surface area contributed by atoms with Gasteiger partial charge < -0.3 is 14.8 Å². The number of hydrogen-bond acceptors (Lipinski definition) is 7. The largest absolute Gasteiger partial charge is 0.493 e. The van der Waals surface area contributed by atoms with Crippen molar-refractivity contribution in [1.29, 1.82) is 0 Å². The SMILES string of the molecule is CCCOc1ccc(S(=O)(=O)N(CC)CCO)cc1-c1nc2c(CCC)nn(C)c2c(=O)[nH]1. The van der Waals surface area contributed by atoms with E-state index < -0.39 is 10.0 Å². The maximum Gasteiger partial charge on any atom is 0.277 e. The fourth-order valence-corrected chi connectivity index (χ4v) is 5.15. The van der Waals surface area contributed by atoms with Crippen molar-refractivity contribution in [1.82, 2.24) is 24.1 Å². The number of H-pyrrole nitrogens is 1. The molecule has 180 valence electrons. The van der Waals surface area contributed by atoms with Gasteiger partial charge in [-0.1, -0.05) is 27.2 Å². The van der Waals surface area contributed by atoms with Crippen LogP contribution in [0.1, 0.15) is 39.3 Å². The molecule has 0 saturated carbocycles. The van der Waals surface area contributed by atoms with Gasteiger partial charge in [0.25, 0.3) is 5.56 Å². The number of likely N-dealkylation sites (N-methyl/N-ethyl adjacent to an activating group) is 1. The van der Waals surface area contributed by atoms with Crippen LogP contribution >= 0.6 is 0 Å². The maximum absolute atomic E-state index is 13.2. The molecule has 0 aliphatic carbocycles. The molecular formula is C22H31N5O5S. The molecule has 2 aromatic heterocycles. The van der Waals surface area contributed by atoms with Crippen LogP contribution in [-0.2, 0) is 23.5 Å². The Morgan fingerprint density at radius 1 is 1.21 bits per heavy atom. The van der Waals surface area contributed by atoms with E-state index in [0.29, 0.717) is 41.1 Å². The van der Waals surface area contributed by atoms with Crippen LogP contribution in [0.15, 0.2) is 27.9 Å². The Hall–Kier alpha value is -2.76. The highest BCUT2D eigenvalue weighted by atomic mass is 32.2. The first-order chi connectivity index (χ1) is 15.8. The summed E-state index contributed by atoms with van der Waals surface area (Å²) in [4.78, 5) is 20.4. The molecule has 0 amide bonds. The Labute approximate surface area is 193 Å². The van der Waals surface area contributed by atoms with Crippen molar-refractivity contribution < 1.29 is 18.3 Å². The van der Waals surface area contributed by atoms with E-state index in [1.807, 2.05) is 13.8 Å². The number of fused-ring (bicyclic) bond motifs is 1. The number of nitrogens with one attached hydrogen (secondary N) is 1. The molecule has 0 bridgehead atoms. The second kappa shape index (κ2) is 10.4. The van der Waals surface area contributed by atoms with Gasteiger partial charge in [-0.15, -0.1) is 0 Å². The predicted octanol–water partition coefficient (Wildman–Crippen LogP) is 2.07. The Morgan fingerprint density at radius 3 is 2.61 bits per heavy atom. The van der Waals surface area contributed by atoms with E-state index >= 15 is 0 Å². The molecule has 0 fully saturated rings. The van der Waals surface area contributed by atoms with Crippen molar-refractivity contribution in [2.24, 2.45) is 7.05 Å². The summed E-state index contributed by atoms with van der Waals surface area (Å²) >= 11 is 0. The standard InChI is InChI=1S/C22H31N5O5S/c1-5-8-17-19-20(26(4)25-17)22(29)24-21(23-19)16-14-15(9-10-18(16)32-13-6-2)33(30,31)27(7-3)11-12-28/h9-10,14,28H,5-8,11-13H2,1-4H3,(H,23,24,29). The van der Waals surface area contributed by atoms with Gasteiger partial charge >= 0.3 is 0 Å². The highest BCUT2D eigenvalue weighted by Crippen LogP contribution is 2.32. The molecule has 0 unspecified atom stereocenters. The highest BCUT2D eigenvalue weighted by Gasteiger charge is 2.25. The second-order valence-electron chi connectivity index (χ2n) is 7.66. The molecule has 3 aromatic rings. The summed E-state index contributed by atoms with van der Waals surface area (Å²) in [5.41, 5.74) is 1.57. The van der Waals surface area contributed by atoms with E-state index in [9.17, 15) is 18.3 Å². The van der Waals surface area contributed by atoms with Crippen molar-refractivity contribution >= 4 is 21.1 Å². The second-order valence-corrected chi connectivity index (χ2v) is 9.60. The zero-order chi connectivity index (χ0) is 24.2. The summed E-state index contributed by atoms with van der Waals surface area (Å²) in [7, 11) is -2.17. The number of hydrogen-bond donors (Lipinski definition) is 2. The summed E-state index contributed by atoms with van der Waals surface area (Å²) in [6, 6.07) is 4.50. The lowest BCUT2D eigenvalue weighted by Gasteiger charge is -2.20. The molecule has 0 radical (unpaired) electrons. The van der Waals surface area contributed by atoms with E-state index in [4.69, 9.17) is 4.74 Å². The average molecular weight is 478 g/mol. The first-order valence-electron chi connectivity index (χ1n) is 11.1. The smallest absolute Gasteiger partial charge is 0.277 e. The highest BCUT2D eigenvalue weighted by molar-refractivity contribution is 7.89. The lowest BCUT2D eigenvalue weighted by atomic mass is 10.1. The molecule has 0 saturated heterocycles. The Morgan fingerprint density at radius 2 is 1.97 bits per heavy atom. The minimum Gasteiger partial charge on any atom is -0.493 e.